The molecule has 1 saturated heterocycles. The molecular formula is C21H32ClN3O. The highest BCUT2D eigenvalue weighted by Gasteiger charge is 2.41. The Morgan fingerprint density at radius 3 is 2.35 bits per heavy atom. The minimum Gasteiger partial charge on any atom is -0.341 e. The molecular weight excluding hydrogens is 346 g/mol. The lowest BCUT2D eigenvalue weighted by atomic mass is 9.64. The minimum absolute atomic E-state index is 0.0641. The van der Waals surface area contributed by atoms with Crippen LogP contribution in [0, 0.1) is 11.3 Å². The van der Waals surface area contributed by atoms with Crippen LogP contribution in [0.25, 0.3) is 0 Å². The van der Waals surface area contributed by atoms with Gasteiger partial charge in [0.25, 0.3) is 0 Å². The highest BCUT2D eigenvalue weighted by atomic mass is 35.5. The van der Waals surface area contributed by atoms with E-state index in [9.17, 15) is 4.79 Å². The molecule has 0 radical (unpaired) electrons. The molecule has 1 aromatic rings. The third-order valence-electron chi connectivity index (χ3n) is 6.63. The zero-order chi connectivity index (χ0) is 18.6. The van der Waals surface area contributed by atoms with E-state index in [4.69, 9.17) is 23.1 Å². The molecule has 1 saturated carbocycles. The van der Waals surface area contributed by atoms with Gasteiger partial charge in [0.15, 0.2) is 0 Å². The van der Waals surface area contributed by atoms with E-state index in [-0.39, 0.29) is 11.3 Å². The van der Waals surface area contributed by atoms with Crippen molar-refractivity contribution < 1.29 is 4.79 Å². The number of benzene rings is 1. The van der Waals surface area contributed by atoms with Crippen molar-refractivity contribution in [1.29, 1.82) is 0 Å². The normalized spacial score (nSPS) is 22.2. The number of carbonyl (C=O) groups excluding carboxylic acids is 1. The van der Waals surface area contributed by atoms with Gasteiger partial charge in [-0.15, -0.1) is 0 Å². The van der Waals surface area contributed by atoms with Gasteiger partial charge in [0.05, 0.1) is 6.04 Å². The van der Waals surface area contributed by atoms with Crippen LogP contribution in [0.4, 0.5) is 0 Å². The summed E-state index contributed by atoms with van der Waals surface area (Å²) in [6, 6.07) is 7.07. The Morgan fingerprint density at radius 1 is 1.15 bits per heavy atom. The number of rotatable bonds is 5. The van der Waals surface area contributed by atoms with E-state index in [1.165, 1.54) is 32.1 Å². The van der Waals surface area contributed by atoms with Gasteiger partial charge in [0.2, 0.25) is 5.91 Å². The molecule has 26 heavy (non-hydrogen) atoms. The monoisotopic (exact) mass is 377 g/mol. The average Bonchev–Trinajstić information content (AvgIpc) is 2.70. The predicted octanol–water partition coefficient (Wildman–Crippen LogP) is 3.36. The largest absolute Gasteiger partial charge is 0.341 e. The summed E-state index contributed by atoms with van der Waals surface area (Å²) < 4.78 is 0. The number of hydrogen-bond acceptors (Lipinski definition) is 3. The second kappa shape index (κ2) is 8.73. The molecule has 0 spiro atoms. The Kier molecular flexibility index (Phi) is 6.60. The lowest BCUT2D eigenvalue weighted by molar-refractivity contribution is -0.135. The van der Waals surface area contributed by atoms with Gasteiger partial charge < -0.3 is 16.4 Å². The maximum atomic E-state index is 12.8. The Balaban J connectivity index is 1.56. The van der Waals surface area contributed by atoms with E-state index in [1.807, 2.05) is 29.2 Å². The van der Waals surface area contributed by atoms with Crippen LogP contribution in [0.1, 0.15) is 50.5 Å². The fourth-order valence-electron chi connectivity index (χ4n) is 4.86. The van der Waals surface area contributed by atoms with Crippen molar-refractivity contribution in [3.05, 3.63) is 34.9 Å². The van der Waals surface area contributed by atoms with Gasteiger partial charge in [-0.05, 0) is 67.7 Å². The molecule has 1 amide bonds. The zero-order valence-electron chi connectivity index (χ0n) is 15.6. The van der Waals surface area contributed by atoms with Crippen LogP contribution in [-0.2, 0) is 11.2 Å². The van der Waals surface area contributed by atoms with E-state index >= 15 is 0 Å². The van der Waals surface area contributed by atoms with Gasteiger partial charge in [-0.2, -0.15) is 0 Å². The van der Waals surface area contributed by atoms with Gasteiger partial charge in [-0.25, -0.2) is 0 Å². The molecule has 5 heteroatoms. The second-order valence-electron chi connectivity index (χ2n) is 8.16. The van der Waals surface area contributed by atoms with Crippen LogP contribution < -0.4 is 11.5 Å². The van der Waals surface area contributed by atoms with E-state index in [1.54, 1.807) is 0 Å². The van der Waals surface area contributed by atoms with Crippen LogP contribution in [0.15, 0.2) is 24.3 Å². The number of nitrogens with zero attached hydrogens (tertiary/aromatic N) is 1. The molecule has 4 N–H and O–H groups in total. The van der Waals surface area contributed by atoms with Gasteiger partial charge in [-0.3, -0.25) is 4.79 Å². The van der Waals surface area contributed by atoms with Crippen molar-refractivity contribution in [2.24, 2.45) is 22.8 Å². The van der Waals surface area contributed by atoms with E-state index in [2.05, 4.69) is 0 Å². The third-order valence-corrected chi connectivity index (χ3v) is 6.89. The number of piperidine rings is 1. The Hall–Kier alpha value is -1.10. The molecule has 1 aliphatic heterocycles. The molecule has 1 unspecified atom stereocenters. The maximum Gasteiger partial charge on any atom is 0.239 e. The first-order valence-corrected chi connectivity index (χ1v) is 10.4. The molecule has 0 bridgehead atoms. The quantitative estimate of drug-likeness (QED) is 0.826. The Bertz CT molecular complexity index is 590. The van der Waals surface area contributed by atoms with Crippen LogP contribution in [0.3, 0.4) is 0 Å². The molecule has 1 heterocycles. The lowest BCUT2D eigenvalue weighted by Gasteiger charge is -2.47. The molecule has 1 aliphatic carbocycles. The number of carbonyl (C=O) groups is 1. The molecule has 144 valence electrons. The van der Waals surface area contributed by atoms with Crippen LogP contribution in [0.2, 0.25) is 5.02 Å². The summed E-state index contributed by atoms with van der Waals surface area (Å²) in [6.07, 6.45) is 9.24. The molecule has 3 rings (SSSR count). The summed E-state index contributed by atoms with van der Waals surface area (Å²) in [6.45, 7) is 2.33. The first-order valence-electron chi connectivity index (χ1n) is 10.0. The molecule has 1 aromatic carbocycles. The SMILES string of the molecule is NCC1(C2CCCCC2)CCN(C(=O)C(N)Cc2ccc(Cl)cc2)CC1. The van der Waals surface area contributed by atoms with Crippen molar-refractivity contribution in [3.63, 3.8) is 0 Å². The fourth-order valence-corrected chi connectivity index (χ4v) is 4.99. The summed E-state index contributed by atoms with van der Waals surface area (Å²) in [5.74, 6) is 0.801. The van der Waals surface area contributed by atoms with Crippen LogP contribution in [0.5, 0.6) is 0 Å². The smallest absolute Gasteiger partial charge is 0.239 e. The van der Waals surface area contributed by atoms with Crippen LogP contribution >= 0.6 is 11.6 Å². The summed E-state index contributed by atoms with van der Waals surface area (Å²) in [5, 5.41) is 0.700. The molecule has 4 nitrogen and oxygen atoms in total. The molecule has 2 aliphatic rings. The van der Waals surface area contributed by atoms with E-state index in [0.29, 0.717) is 11.4 Å². The maximum absolute atomic E-state index is 12.8. The first kappa shape index (κ1) is 19.7. The summed E-state index contributed by atoms with van der Waals surface area (Å²) in [4.78, 5) is 14.7. The standard InChI is InChI=1S/C21H32ClN3O/c22-18-8-6-16(7-9-18)14-19(24)20(26)25-12-10-21(15-23,11-13-25)17-4-2-1-3-5-17/h6-9,17,19H,1-5,10-15,23-24H2. The predicted molar refractivity (Wildman–Crippen MR) is 107 cm³/mol. The molecule has 2 fully saturated rings. The van der Waals surface area contributed by atoms with Gasteiger partial charge in [0, 0.05) is 18.1 Å². The van der Waals surface area contributed by atoms with Crippen molar-refractivity contribution in [2.75, 3.05) is 19.6 Å². The van der Waals surface area contributed by atoms with E-state index < -0.39 is 6.04 Å². The number of likely N-dealkylation sites (tertiary alicyclic amines) is 1. The van der Waals surface area contributed by atoms with Crippen molar-refractivity contribution in [1.82, 2.24) is 4.90 Å². The summed E-state index contributed by atoms with van der Waals surface area (Å²) in [5.41, 5.74) is 13.7. The Labute approximate surface area is 162 Å². The topological polar surface area (TPSA) is 72.3 Å². The summed E-state index contributed by atoms with van der Waals surface area (Å²) in [7, 11) is 0. The lowest BCUT2D eigenvalue weighted by Crippen LogP contribution is -2.53. The number of nitrogens with two attached hydrogens (primary N) is 2. The van der Waals surface area contributed by atoms with Crippen LogP contribution in [-0.4, -0.2) is 36.5 Å². The van der Waals surface area contributed by atoms with Gasteiger partial charge >= 0.3 is 0 Å². The highest BCUT2D eigenvalue weighted by Crippen LogP contribution is 2.45. The second-order valence-corrected chi connectivity index (χ2v) is 8.60. The zero-order valence-corrected chi connectivity index (χ0v) is 16.4. The molecule has 0 aromatic heterocycles. The third kappa shape index (κ3) is 4.41. The van der Waals surface area contributed by atoms with Crippen molar-refractivity contribution >= 4 is 17.5 Å². The van der Waals surface area contributed by atoms with Crippen molar-refractivity contribution in [3.8, 4) is 0 Å². The average molecular weight is 378 g/mol. The minimum atomic E-state index is -0.490. The summed E-state index contributed by atoms with van der Waals surface area (Å²) >= 11 is 5.92. The Morgan fingerprint density at radius 2 is 1.77 bits per heavy atom. The highest BCUT2D eigenvalue weighted by molar-refractivity contribution is 6.30. The first-order chi connectivity index (χ1) is 12.5. The van der Waals surface area contributed by atoms with Gasteiger partial charge in [-0.1, -0.05) is 43.0 Å². The van der Waals surface area contributed by atoms with E-state index in [0.717, 1.165) is 44.0 Å². The molecule has 1 atom stereocenters. The number of halogens is 1. The fraction of sp³-hybridized carbons (Fsp3) is 0.667. The number of amides is 1. The van der Waals surface area contributed by atoms with Crippen molar-refractivity contribution in [2.45, 2.75) is 57.4 Å². The number of hydrogen-bond donors (Lipinski definition) is 2. The van der Waals surface area contributed by atoms with Gasteiger partial charge in [0.1, 0.15) is 0 Å².